The quantitative estimate of drug-likeness (QED) is 0.341. The highest BCUT2D eigenvalue weighted by atomic mass is 16.2. The van der Waals surface area contributed by atoms with Gasteiger partial charge in [-0.05, 0) is 37.1 Å². The first kappa shape index (κ1) is 24.9. The van der Waals surface area contributed by atoms with Crippen LogP contribution in [0.5, 0.6) is 0 Å². The molecule has 1 amide bonds. The smallest absolute Gasteiger partial charge is 0.273 e. The van der Waals surface area contributed by atoms with Crippen molar-refractivity contribution < 1.29 is 4.79 Å². The summed E-state index contributed by atoms with van der Waals surface area (Å²) in [5.41, 5.74) is 3.00. The zero-order chi connectivity index (χ0) is 25.8. The highest BCUT2D eigenvalue weighted by molar-refractivity contribution is 6.02. The number of aliphatic imine (C=N–C) groups is 1. The van der Waals surface area contributed by atoms with Crippen molar-refractivity contribution in [2.75, 3.05) is 43.9 Å². The van der Waals surface area contributed by atoms with Gasteiger partial charge in [0.1, 0.15) is 11.5 Å². The summed E-state index contributed by atoms with van der Waals surface area (Å²) < 4.78 is 0. The van der Waals surface area contributed by atoms with Crippen LogP contribution in [0.1, 0.15) is 30.0 Å². The first-order valence-corrected chi connectivity index (χ1v) is 11.9. The van der Waals surface area contributed by atoms with E-state index in [1.807, 2.05) is 43.4 Å². The lowest BCUT2D eigenvalue weighted by atomic mass is 9.99. The molecule has 0 saturated carbocycles. The Bertz CT molecular complexity index is 1310. The standard InChI is InChI=1S/C26H31N9O/c1-17(2)23-15-34(24-14-28-22(13-29-24)25(36)33(4)5)11-12-35(23)26(30-16-27)32-21-8-6-7-20-19(21)10-9-18(3)31-20/h6-10,13-14,17,23H,11-12,15H2,1-5H3,(H,30,32). The van der Waals surface area contributed by atoms with Gasteiger partial charge in [0.05, 0.1) is 29.6 Å². The summed E-state index contributed by atoms with van der Waals surface area (Å²) in [4.78, 5) is 35.6. The van der Waals surface area contributed by atoms with Gasteiger partial charge in [-0.25, -0.2) is 9.97 Å². The molecule has 4 rings (SSSR count). The van der Waals surface area contributed by atoms with Gasteiger partial charge in [-0.2, -0.15) is 5.26 Å². The molecule has 1 fully saturated rings. The summed E-state index contributed by atoms with van der Waals surface area (Å²) in [6, 6.07) is 9.97. The van der Waals surface area contributed by atoms with E-state index in [0.717, 1.165) is 28.1 Å². The number of fused-ring (bicyclic) bond motifs is 1. The van der Waals surface area contributed by atoms with E-state index in [1.54, 1.807) is 20.3 Å². The second-order valence-electron chi connectivity index (χ2n) is 9.40. The summed E-state index contributed by atoms with van der Waals surface area (Å²) in [5, 5.41) is 13.9. The number of hydrogen-bond acceptors (Lipinski definition) is 7. The van der Waals surface area contributed by atoms with Crippen molar-refractivity contribution in [1.82, 2.24) is 24.8 Å². The lowest BCUT2D eigenvalue weighted by Gasteiger charge is -2.44. The van der Waals surface area contributed by atoms with Crippen LogP contribution >= 0.6 is 0 Å². The van der Waals surface area contributed by atoms with Crippen LogP contribution in [0.3, 0.4) is 0 Å². The fraction of sp³-hybridized carbons (Fsp3) is 0.385. The molecule has 0 aliphatic carbocycles. The lowest BCUT2D eigenvalue weighted by molar-refractivity contribution is 0.0821. The summed E-state index contributed by atoms with van der Waals surface area (Å²) in [7, 11) is 3.38. The van der Waals surface area contributed by atoms with Gasteiger partial charge in [0.2, 0.25) is 12.2 Å². The van der Waals surface area contributed by atoms with Gasteiger partial charge in [-0.3, -0.25) is 9.78 Å². The van der Waals surface area contributed by atoms with E-state index in [4.69, 9.17) is 0 Å². The Morgan fingerprint density at radius 1 is 1.19 bits per heavy atom. The molecule has 1 N–H and O–H groups in total. The number of nitrogens with one attached hydrogen (secondary N) is 1. The van der Waals surface area contributed by atoms with Crippen molar-refractivity contribution in [3.8, 4) is 6.19 Å². The fourth-order valence-corrected chi connectivity index (χ4v) is 4.37. The van der Waals surface area contributed by atoms with Gasteiger partial charge in [0.25, 0.3) is 5.91 Å². The Labute approximate surface area is 211 Å². The molecule has 1 unspecified atom stereocenters. The van der Waals surface area contributed by atoms with E-state index in [0.29, 0.717) is 31.3 Å². The van der Waals surface area contributed by atoms with Crippen LogP contribution in [0.25, 0.3) is 10.9 Å². The molecule has 2 aromatic heterocycles. The average molecular weight is 486 g/mol. The number of pyridine rings is 1. The van der Waals surface area contributed by atoms with E-state index < -0.39 is 0 Å². The molecule has 10 heteroatoms. The minimum absolute atomic E-state index is 0.0681. The number of aromatic nitrogens is 3. The largest absolute Gasteiger partial charge is 0.351 e. The zero-order valence-corrected chi connectivity index (χ0v) is 21.3. The highest BCUT2D eigenvalue weighted by Crippen LogP contribution is 2.26. The Hall–Kier alpha value is -4.26. The molecule has 0 bridgehead atoms. The Kier molecular flexibility index (Phi) is 7.29. The fourth-order valence-electron chi connectivity index (χ4n) is 4.37. The molecule has 3 heterocycles. The minimum Gasteiger partial charge on any atom is -0.351 e. The van der Waals surface area contributed by atoms with Gasteiger partial charge < -0.3 is 20.0 Å². The number of nitriles is 1. The maximum absolute atomic E-state index is 12.2. The first-order valence-electron chi connectivity index (χ1n) is 11.9. The number of aryl methyl sites for hydroxylation is 1. The van der Waals surface area contributed by atoms with Crippen LogP contribution in [0.2, 0.25) is 0 Å². The molecule has 1 aromatic carbocycles. The molecule has 1 aliphatic rings. The summed E-state index contributed by atoms with van der Waals surface area (Å²) >= 11 is 0. The molecule has 1 saturated heterocycles. The summed E-state index contributed by atoms with van der Waals surface area (Å²) in [5.74, 6) is 1.33. The number of guanidine groups is 1. The third kappa shape index (κ3) is 5.20. The van der Waals surface area contributed by atoms with E-state index in [2.05, 4.69) is 48.9 Å². The number of amides is 1. The lowest BCUT2D eigenvalue weighted by Crippen LogP contribution is -2.58. The molecule has 3 aromatic rings. The number of benzene rings is 1. The van der Waals surface area contributed by atoms with E-state index in [-0.39, 0.29) is 17.9 Å². The van der Waals surface area contributed by atoms with Crippen LogP contribution in [0.4, 0.5) is 11.5 Å². The number of hydrogen-bond donors (Lipinski definition) is 1. The second kappa shape index (κ2) is 10.6. The molecule has 186 valence electrons. The minimum atomic E-state index is -0.179. The van der Waals surface area contributed by atoms with Crippen molar-refractivity contribution in [3.05, 3.63) is 54.1 Å². The van der Waals surface area contributed by atoms with Crippen LogP contribution in [0.15, 0.2) is 47.7 Å². The van der Waals surface area contributed by atoms with Crippen molar-refractivity contribution in [2.24, 2.45) is 10.9 Å². The Morgan fingerprint density at radius 3 is 2.67 bits per heavy atom. The second-order valence-corrected chi connectivity index (χ2v) is 9.40. The monoisotopic (exact) mass is 485 g/mol. The Balaban J connectivity index is 1.57. The topological polar surface area (TPSA) is 114 Å². The molecule has 0 spiro atoms. The van der Waals surface area contributed by atoms with Crippen LogP contribution < -0.4 is 10.2 Å². The Morgan fingerprint density at radius 2 is 2.00 bits per heavy atom. The molecular formula is C26H31N9O. The van der Waals surface area contributed by atoms with E-state index in [9.17, 15) is 10.1 Å². The van der Waals surface area contributed by atoms with Crippen molar-refractivity contribution in [3.63, 3.8) is 0 Å². The highest BCUT2D eigenvalue weighted by Gasteiger charge is 2.32. The summed E-state index contributed by atoms with van der Waals surface area (Å²) in [6.45, 7) is 8.25. The molecule has 10 nitrogen and oxygen atoms in total. The third-order valence-corrected chi connectivity index (χ3v) is 6.32. The molecule has 1 aliphatic heterocycles. The molecule has 1 atom stereocenters. The van der Waals surface area contributed by atoms with Crippen LogP contribution in [0, 0.1) is 24.3 Å². The van der Waals surface area contributed by atoms with Crippen LogP contribution in [-0.2, 0) is 0 Å². The number of carbonyl (C=O) groups is 1. The predicted molar refractivity (Wildman–Crippen MR) is 141 cm³/mol. The summed E-state index contributed by atoms with van der Waals surface area (Å²) in [6.07, 6.45) is 5.14. The third-order valence-electron chi connectivity index (χ3n) is 6.32. The average Bonchev–Trinajstić information content (AvgIpc) is 2.87. The van der Waals surface area contributed by atoms with E-state index in [1.165, 1.54) is 11.1 Å². The van der Waals surface area contributed by atoms with Gasteiger partial charge >= 0.3 is 0 Å². The van der Waals surface area contributed by atoms with Crippen molar-refractivity contribution in [2.45, 2.75) is 26.8 Å². The van der Waals surface area contributed by atoms with Gasteiger partial charge in [-0.1, -0.05) is 19.9 Å². The van der Waals surface area contributed by atoms with Gasteiger partial charge in [0, 0.05) is 44.8 Å². The van der Waals surface area contributed by atoms with Gasteiger partial charge in [0.15, 0.2) is 0 Å². The van der Waals surface area contributed by atoms with Crippen molar-refractivity contribution >= 4 is 34.3 Å². The number of rotatable bonds is 4. The van der Waals surface area contributed by atoms with Crippen LogP contribution in [-0.4, -0.2) is 76.4 Å². The normalized spacial score (nSPS) is 16.2. The number of anilines is 2. The number of nitrogens with zero attached hydrogens (tertiary/aromatic N) is 8. The van der Waals surface area contributed by atoms with E-state index >= 15 is 0 Å². The first-order chi connectivity index (χ1) is 17.3. The van der Waals surface area contributed by atoms with Crippen molar-refractivity contribution in [1.29, 1.82) is 5.26 Å². The molecular weight excluding hydrogens is 454 g/mol. The molecule has 0 radical (unpaired) electrons. The molecule has 36 heavy (non-hydrogen) atoms. The van der Waals surface area contributed by atoms with Gasteiger partial charge in [-0.15, -0.1) is 4.99 Å². The number of piperazine rings is 1. The SMILES string of the molecule is Cc1ccc2c(N/C(=N/C#N)N3CCN(c4cnc(C(=O)N(C)C)cn4)CC3C(C)C)cccc2n1. The maximum atomic E-state index is 12.2. The number of carbonyl (C=O) groups excluding carboxylic acids is 1. The maximum Gasteiger partial charge on any atom is 0.273 e. The zero-order valence-electron chi connectivity index (χ0n) is 21.3. The predicted octanol–water partition coefficient (Wildman–Crippen LogP) is 3.13.